The van der Waals surface area contributed by atoms with Gasteiger partial charge in [-0.3, -0.25) is 14.5 Å². The van der Waals surface area contributed by atoms with Crippen LogP contribution < -0.4 is 5.32 Å². The summed E-state index contributed by atoms with van der Waals surface area (Å²) in [6.45, 7) is 3.01. The summed E-state index contributed by atoms with van der Waals surface area (Å²) in [6, 6.07) is 0. The van der Waals surface area contributed by atoms with Crippen LogP contribution in [0.1, 0.15) is 6.92 Å². The van der Waals surface area contributed by atoms with E-state index in [0.717, 1.165) is 4.90 Å². The van der Waals surface area contributed by atoms with E-state index < -0.39 is 12.1 Å². The summed E-state index contributed by atoms with van der Waals surface area (Å²) in [6.07, 6.45) is -4.82. The van der Waals surface area contributed by atoms with E-state index >= 15 is 0 Å². The topological polar surface area (TPSA) is 52.7 Å². The number of carbonyl (C=O) groups is 2. The largest absolute Gasteiger partial charge is 0.471 e. The Labute approximate surface area is 103 Å². The molecule has 1 heterocycles. The zero-order chi connectivity index (χ0) is 13.8. The standard InChI is InChI=1S/C10H16F3N3O2/c1-2-14-8(17)7-15-3-5-16(6-4-15)9(18)10(11,12)13/h2-7H2,1H3,(H,14,17). The van der Waals surface area contributed by atoms with E-state index in [1.54, 1.807) is 11.8 Å². The zero-order valence-corrected chi connectivity index (χ0v) is 10.1. The summed E-state index contributed by atoms with van der Waals surface area (Å²) in [4.78, 5) is 24.7. The molecule has 0 aromatic heterocycles. The average Bonchev–Trinajstić information content (AvgIpc) is 2.28. The number of alkyl halides is 3. The quantitative estimate of drug-likeness (QED) is 0.772. The molecule has 2 amide bonds. The molecular formula is C10H16F3N3O2. The van der Waals surface area contributed by atoms with Gasteiger partial charge >= 0.3 is 12.1 Å². The third-order valence-corrected chi connectivity index (χ3v) is 2.64. The smallest absolute Gasteiger partial charge is 0.355 e. The summed E-state index contributed by atoms with van der Waals surface area (Å²) in [5.41, 5.74) is 0. The number of piperazine rings is 1. The molecule has 0 saturated carbocycles. The second-order valence-electron chi connectivity index (χ2n) is 4.02. The number of hydrogen-bond donors (Lipinski definition) is 1. The van der Waals surface area contributed by atoms with Crippen LogP contribution in [0.5, 0.6) is 0 Å². The minimum absolute atomic E-state index is 0.00223. The fourth-order valence-corrected chi connectivity index (χ4v) is 1.74. The number of rotatable bonds is 3. The number of carbonyl (C=O) groups excluding carboxylic acids is 2. The maximum absolute atomic E-state index is 12.2. The third-order valence-electron chi connectivity index (χ3n) is 2.64. The van der Waals surface area contributed by atoms with Gasteiger partial charge in [-0.05, 0) is 6.92 Å². The molecule has 0 radical (unpaired) electrons. The third kappa shape index (κ3) is 4.17. The first-order valence-electron chi connectivity index (χ1n) is 5.69. The highest BCUT2D eigenvalue weighted by Gasteiger charge is 2.43. The van der Waals surface area contributed by atoms with Crippen LogP contribution in [-0.2, 0) is 9.59 Å². The van der Waals surface area contributed by atoms with Gasteiger partial charge < -0.3 is 10.2 Å². The van der Waals surface area contributed by atoms with Crippen molar-refractivity contribution in [1.29, 1.82) is 0 Å². The monoisotopic (exact) mass is 267 g/mol. The van der Waals surface area contributed by atoms with Gasteiger partial charge in [-0.25, -0.2) is 0 Å². The van der Waals surface area contributed by atoms with E-state index in [1.807, 2.05) is 0 Å². The van der Waals surface area contributed by atoms with Crippen LogP contribution in [0.25, 0.3) is 0 Å². The van der Waals surface area contributed by atoms with E-state index in [1.165, 1.54) is 0 Å². The molecule has 1 aliphatic rings. The second kappa shape index (κ2) is 6.03. The van der Waals surface area contributed by atoms with Gasteiger partial charge in [0.05, 0.1) is 6.54 Å². The molecular weight excluding hydrogens is 251 g/mol. The van der Waals surface area contributed by atoms with Crippen molar-refractivity contribution in [2.24, 2.45) is 0 Å². The van der Waals surface area contributed by atoms with Crippen molar-refractivity contribution >= 4 is 11.8 Å². The van der Waals surface area contributed by atoms with E-state index in [-0.39, 0.29) is 38.6 Å². The highest BCUT2D eigenvalue weighted by atomic mass is 19.4. The SMILES string of the molecule is CCNC(=O)CN1CCN(C(=O)C(F)(F)F)CC1. The van der Waals surface area contributed by atoms with Crippen LogP contribution >= 0.6 is 0 Å². The first-order valence-corrected chi connectivity index (χ1v) is 5.69. The van der Waals surface area contributed by atoms with E-state index in [0.29, 0.717) is 6.54 Å². The fraction of sp³-hybridized carbons (Fsp3) is 0.800. The van der Waals surface area contributed by atoms with E-state index in [9.17, 15) is 22.8 Å². The molecule has 0 atom stereocenters. The summed E-state index contributed by atoms with van der Waals surface area (Å²) in [5, 5.41) is 2.61. The highest BCUT2D eigenvalue weighted by Crippen LogP contribution is 2.19. The van der Waals surface area contributed by atoms with Gasteiger partial charge in [-0.15, -0.1) is 0 Å². The van der Waals surface area contributed by atoms with E-state index in [4.69, 9.17) is 0 Å². The molecule has 0 aromatic carbocycles. The Morgan fingerprint density at radius 1 is 1.17 bits per heavy atom. The van der Waals surface area contributed by atoms with Crippen molar-refractivity contribution in [1.82, 2.24) is 15.1 Å². The molecule has 0 unspecified atom stereocenters. The molecule has 0 bridgehead atoms. The van der Waals surface area contributed by atoms with Gasteiger partial charge in [0.15, 0.2) is 0 Å². The average molecular weight is 267 g/mol. The Morgan fingerprint density at radius 3 is 2.17 bits per heavy atom. The Morgan fingerprint density at radius 2 is 1.72 bits per heavy atom. The molecule has 0 spiro atoms. The van der Waals surface area contributed by atoms with Gasteiger partial charge in [0, 0.05) is 32.7 Å². The van der Waals surface area contributed by atoms with Gasteiger partial charge in [0.25, 0.3) is 0 Å². The molecule has 104 valence electrons. The van der Waals surface area contributed by atoms with Crippen LogP contribution in [0.3, 0.4) is 0 Å². The number of likely N-dealkylation sites (N-methyl/N-ethyl adjacent to an activating group) is 1. The van der Waals surface area contributed by atoms with Crippen molar-refractivity contribution in [2.75, 3.05) is 39.3 Å². The molecule has 1 N–H and O–H groups in total. The molecule has 1 fully saturated rings. The zero-order valence-electron chi connectivity index (χ0n) is 10.1. The molecule has 5 nitrogen and oxygen atoms in total. The summed E-state index contributed by atoms with van der Waals surface area (Å²) in [5.74, 6) is -1.96. The van der Waals surface area contributed by atoms with Crippen molar-refractivity contribution in [3.63, 3.8) is 0 Å². The summed E-state index contributed by atoms with van der Waals surface area (Å²) >= 11 is 0. The number of halogens is 3. The van der Waals surface area contributed by atoms with Gasteiger partial charge in [0.2, 0.25) is 5.91 Å². The van der Waals surface area contributed by atoms with Crippen LogP contribution in [-0.4, -0.2) is 67.1 Å². The molecule has 1 saturated heterocycles. The fourth-order valence-electron chi connectivity index (χ4n) is 1.74. The number of amides is 2. The Balaban J connectivity index is 2.37. The number of nitrogens with zero attached hydrogens (tertiary/aromatic N) is 2. The van der Waals surface area contributed by atoms with Gasteiger partial charge in [-0.2, -0.15) is 13.2 Å². The molecule has 1 aliphatic heterocycles. The Hall–Kier alpha value is -1.31. The predicted molar refractivity (Wildman–Crippen MR) is 57.8 cm³/mol. The lowest BCUT2D eigenvalue weighted by molar-refractivity contribution is -0.187. The van der Waals surface area contributed by atoms with Crippen molar-refractivity contribution < 1.29 is 22.8 Å². The number of nitrogens with one attached hydrogen (secondary N) is 1. The highest BCUT2D eigenvalue weighted by molar-refractivity contribution is 5.82. The predicted octanol–water partition coefficient (Wildman–Crippen LogP) is -0.171. The van der Waals surface area contributed by atoms with Crippen LogP contribution in [0.15, 0.2) is 0 Å². The molecule has 0 aromatic rings. The maximum atomic E-state index is 12.2. The normalized spacial score (nSPS) is 17.7. The first kappa shape index (κ1) is 14.7. The van der Waals surface area contributed by atoms with Gasteiger partial charge in [0.1, 0.15) is 0 Å². The van der Waals surface area contributed by atoms with Crippen molar-refractivity contribution in [2.45, 2.75) is 13.1 Å². The van der Waals surface area contributed by atoms with Gasteiger partial charge in [-0.1, -0.05) is 0 Å². The lowest BCUT2D eigenvalue weighted by Crippen LogP contribution is -2.53. The second-order valence-corrected chi connectivity index (χ2v) is 4.02. The Kier molecular flexibility index (Phi) is 4.94. The molecule has 1 rings (SSSR count). The lowest BCUT2D eigenvalue weighted by Gasteiger charge is -2.34. The minimum atomic E-state index is -4.82. The summed E-state index contributed by atoms with van der Waals surface area (Å²) < 4.78 is 36.5. The summed E-state index contributed by atoms with van der Waals surface area (Å²) in [7, 11) is 0. The van der Waals surface area contributed by atoms with Crippen LogP contribution in [0, 0.1) is 0 Å². The molecule has 18 heavy (non-hydrogen) atoms. The van der Waals surface area contributed by atoms with E-state index in [2.05, 4.69) is 5.32 Å². The maximum Gasteiger partial charge on any atom is 0.471 e. The Bertz CT molecular complexity index is 312. The first-order chi connectivity index (χ1) is 8.34. The minimum Gasteiger partial charge on any atom is -0.355 e. The molecule has 8 heteroatoms. The lowest BCUT2D eigenvalue weighted by atomic mass is 10.3. The van der Waals surface area contributed by atoms with Crippen LogP contribution in [0.2, 0.25) is 0 Å². The van der Waals surface area contributed by atoms with Crippen molar-refractivity contribution in [3.05, 3.63) is 0 Å². The van der Waals surface area contributed by atoms with Crippen LogP contribution in [0.4, 0.5) is 13.2 Å². The number of hydrogen-bond acceptors (Lipinski definition) is 3. The van der Waals surface area contributed by atoms with Crippen molar-refractivity contribution in [3.8, 4) is 0 Å². The molecule has 0 aliphatic carbocycles.